The van der Waals surface area contributed by atoms with E-state index in [4.69, 9.17) is 16.3 Å². The van der Waals surface area contributed by atoms with E-state index in [1.54, 1.807) is 29.8 Å². The number of carbonyl (C=O) groups excluding carboxylic acids is 2. The maximum Gasteiger partial charge on any atom is 0.523 e. The summed E-state index contributed by atoms with van der Waals surface area (Å²) in [7, 11) is 1.71. The van der Waals surface area contributed by atoms with Crippen LogP contribution in [0.3, 0.4) is 0 Å². The third-order valence-electron chi connectivity index (χ3n) is 4.62. The highest BCUT2D eigenvalue weighted by atomic mass is 35.5. The summed E-state index contributed by atoms with van der Waals surface area (Å²) < 4.78 is 7.93. The first kappa shape index (κ1) is 18.2. The molecule has 1 aromatic carbocycles. The second-order valence-corrected chi connectivity index (χ2v) is 8.86. The SMILES string of the molecule is Cn1c(=O)sc2cc([N+]3(CNC(=O)c4ccc(Cl)s4)CCOC3=O)ccc21. The van der Waals surface area contributed by atoms with Crippen molar-refractivity contribution in [2.45, 2.75) is 0 Å². The summed E-state index contributed by atoms with van der Waals surface area (Å²) in [5.74, 6) is -0.297. The second kappa shape index (κ2) is 6.75. The first-order valence-corrected chi connectivity index (χ1v) is 10.1. The number of halogens is 1. The topological polar surface area (TPSA) is 77.4 Å². The number of thiophene rings is 1. The van der Waals surface area contributed by atoms with Crippen LogP contribution in [0.4, 0.5) is 10.5 Å². The summed E-state index contributed by atoms with van der Waals surface area (Å²) in [6.45, 7) is 0.723. The number of nitrogens with one attached hydrogen (secondary N) is 1. The molecule has 0 radical (unpaired) electrons. The van der Waals surface area contributed by atoms with Crippen molar-refractivity contribution in [2.75, 3.05) is 19.8 Å². The molecular formula is C17H15ClN3O4S2+. The Morgan fingerprint density at radius 3 is 2.78 bits per heavy atom. The van der Waals surface area contributed by atoms with Gasteiger partial charge in [0.2, 0.25) is 0 Å². The predicted molar refractivity (Wildman–Crippen MR) is 107 cm³/mol. The Balaban J connectivity index is 1.67. The van der Waals surface area contributed by atoms with E-state index in [9.17, 15) is 14.4 Å². The van der Waals surface area contributed by atoms with Gasteiger partial charge < -0.3 is 14.6 Å². The van der Waals surface area contributed by atoms with Gasteiger partial charge in [-0.1, -0.05) is 22.9 Å². The molecule has 10 heteroatoms. The number of rotatable bonds is 4. The van der Waals surface area contributed by atoms with Crippen LogP contribution in [0.2, 0.25) is 4.34 Å². The van der Waals surface area contributed by atoms with Gasteiger partial charge in [0, 0.05) is 19.2 Å². The minimum absolute atomic E-state index is 0.0560. The summed E-state index contributed by atoms with van der Waals surface area (Å²) in [6.07, 6.45) is -0.429. The lowest BCUT2D eigenvalue weighted by molar-refractivity contribution is 0.0937. The zero-order valence-electron chi connectivity index (χ0n) is 14.2. The number of amides is 2. The number of fused-ring (bicyclic) bond motifs is 1. The monoisotopic (exact) mass is 424 g/mol. The highest BCUT2D eigenvalue weighted by Gasteiger charge is 2.47. The molecular weight excluding hydrogens is 410 g/mol. The number of hydrogen-bond donors (Lipinski definition) is 1. The number of ether oxygens (including phenoxy) is 1. The summed E-state index contributed by atoms with van der Waals surface area (Å²) in [6, 6.07) is 8.73. The molecule has 1 saturated heterocycles. The Kier molecular flexibility index (Phi) is 4.55. The molecule has 2 aromatic heterocycles. The summed E-state index contributed by atoms with van der Waals surface area (Å²) in [5.41, 5.74) is 1.48. The molecule has 27 heavy (non-hydrogen) atoms. The molecule has 1 unspecified atom stereocenters. The number of cyclic esters (lactones) is 1. The lowest BCUT2D eigenvalue weighted by Gasteiger charge is -2.27. The van der Waals surface area contributed by atoms with Crippen molar-refractivity contribution in [2.24, 2.45) is 7.05 Å². The zero-order valence-corrected chi connectivity index (χ0v) is 16.6. The fraction of sp³-hybridized carbons (Fsp3) is 0.235. The fourth-order valence-electron chi connectivity index (χ4n) is 3.09. The van der Waals surface area contributed by atoms with Crippen LogP contribution in [0.1, 0.15) is 9.67 Å². The minimum atomic E-state index is -0.429. The number of benzene rings is 1. The van der Waals surface area contributed by atoms with E-state index in [1.807, 2.05) is 12.1 Å². The zero-order chi connectivity index (χ0) is 19.2. The number of thiazole rings is 1. The van der Waals surface area contributed by atoms with Crippen molar-refractivity contribution in [1.29, 1.82) is 0 Å². The van der Waals surface area contributed by atoms with Crippen LogP contribution >= 0.6 is 34.3 Å². The molecule has 1 atom stereocenters. The van der Waals surface area contributed by atoms with E-state index in [1.165, 1.54) is 11.3 Å². The number of nitrogens with zero attached hydrogens (tertiary/aromatic N) is 2. The van der Waals surface area contributed by atoms with Crippen molar-refractivity contribution in [3.8, 4) is 0 Å². The third-order valence-corrected chi connectivity index (χ3v) is 6.85. The molecule has 3 aromatic rings. The summed E-state index contributed by atoms with van der Waals surface area (Å²) >= 11 is 8.18. The van der Waals surface area contributed by atoms with E-state index < -0.39 is 6.09 Å². The molecule has 1 N–H and O–H groups in total. The van der Waals surface area contributed by atoms with Crippen molar-refractivity contribution >= 4 is 62.2 Å². The lowest BCUT2D eigenvalue weighted by atomic mass is 10.2. The Labute approximate surface area is 166 Å². The van der Waals surface area contributed by atoms with Crippen molar-refractivity contribution in [3.05, 3.63) is 49.2 Å². The molecule has 140 valence electrons. The summed E-state index contributed by atoms with van der Waals surface area (Å²) in [5, 5.41) is 2.81. The van der Waals surface area contributed by atoms with Gasteiger partial charge in [-0.2, -0.15) is 9.28 Å². The van der Waals surface area contributed by atoms with Crippen molar-refractivity contribution < 1.29 is 14.3 Å². The van der Waals surface area contributed by atoms with E-state index in [0.717, 1.165) is 21.6 Å². The molecule has 2 amide bonds. The highest BCUT2D eigenvalue weighted by Crippen LogP contribution is 2.32. The first-order chi connectivity index (χ1) is 12.9. The smallest absolute Gasteiger partial charge is 0.414 e. The maximum absolute atomic E-state index is 12.6. The molecule has 0 spiro atoms. The third kappa shape index (κ3) is 3.06. The normalized spacial score (nSPS) is 19.4. The number of hydrogen-bond acceptors (Lipinski definition) is 6. The molecule has 0 aliphatic carbocycles. The average molecular weight is 425 g/mol. The van der Waals surface area contributed by atoms with Gasteiger partial charge >= 0.3 is 11.0 Å². The van der Waals surface area contributed by atoms with Gasteiger partial charge in [0.05, 0.1) is 19.4 Å². The van der Waals surface area contributed by atoms with E-state index >= 15 is 0 Å². The maximum atomic E-state index is 12.6. The van der Waals surface area contributed by atoms with Crippen LogP contribution in [0, 0.1) is 0 Å². The molecule has 1 fully saturated rings. The van der Waals surface area contributed by atoms with Crippen molar-refractivity contribution in [3.63, 3.8) is 0 Å². The first-order valence-electron chi connectivity index (χ1n) is 8.09. The van der Waals surface area contributed by atoms with E-state index in [0.29, 0.717) is 21.4 Å². The Bertz CT molecular complexity index is 1120. The molecule has 1 aliphatic rings. The van der Waals surface area contributed by atoms with Gasteiger partial charge in [0.1, 0.15) is 18.8 Å². The van der Waals surface area contributed by atoms with Gasteiger partial charge in [-0.05, 0) is 18.2 Å². The fourth-order valence-corrected chi connectivity index (χ4v) is 4.96. The molecule has 0 saturated carbocycles. The molecule has 4 rings (SSSR count). The van der Waals surface area contributed by atoms with E-state index in [-0.39, 0.29) is 28.5 Å². The van der Waals surface area contributed by atoms with Crippen LogP contribution < -0.4 is 14.7 Å². The van der Waals surface area contributed by atoms with Gasteiger partial charge in [0.15, 0.2) is 6.67 Å². The van der Waals surface area contributed by atoms with Gasteiger partial charge in [0.25, 0.3) is 5.91 Å². The van der Waals surface area contributed by atoms with Crippen LogP contribution in [0.5, 0.6) is 0 Å². The molecule has 3 heterocycles. The number of aryl methyl sites for hydroxylation is 1. The van der Waals surface area contributed by atoms with Crippen molar-refractivity contribution in [1.82, 2.24) is 14.4 Å². The Hall–Kier alpha value is -2.20. The van der Waals surface area contributed by atoms with E-state index in [2.05, 4.69) is 5.32 Å². The minimum Gasteiger partial charge on any atom is -0.414 e. The largest absolute Gasteiger partial charge is 0.523 e. The Morgan fingerprint density at radius 2 is 2.11 bits per heavy atom. The lowest BCUT2D eigenvalue weighted by Crippen LogP contribution is -2.56. The van der Waals surface area contributed by atoms with Crippen LogP contribution in [-0.4, -0.2) is 36.4 Å². The van der Waals surface area contributed by atoms with Crippen LogP contribution in [0.25, 0.3) is 10.2 Å². The van der Waals surface area contributed by atoms with Crippen LogP contribution in [-0.2, 0) is 11.8 Å². The molecule has 7 nitrogen and oxygen atoms in total. The number of quaternary nitrogens is 1. The standard InChI is InChI=1S/C17H14ClN3O4S2/c1-20-11-3-2-10(8-13(11)27-16(20)23)21(6-7-25-17(21)24)9-19-15(22)12-4-5-14(18)26-12/h2-5,8H,6-7,9H2,1H3/p+1. The quantitative estimate of drug-likeness (QED) is 0.652. The summed E-state index contributed by atoms with van der Waals surface area (Å²) in [4.78, 5) is 37.3. The number of carbonyl (C=O) groups is 2. The average Bonchev–Trinajstić information content (AvgIpc) is 3.32. The van der Waals surface area contributed by atoms with Crippen LogP contribution in [0.15, 0.2) is 35.1 Å². The molecule has 0 bridgehead atoms. The highest BCUT2D eigenvalue weighted by molar-refractivity contribution is 7.18. The van der Waals surface area contributed by atoms with Gasteiger partial charge in [-0.25, -0.2) is 0 Å². The molecule has 1 aliphatic heterocycles. The van der Waals surface area contributed by atoms with Gasteiger partial charge in [-0.3, -0.25) is 9.59 Å². The number of aromatic nitrogens is 1. The van der Waals surface area contributed by atoms with Gasteiger partial charge in [-0.15, -0.1) is 11.3 Å². The predicted octanol–water partition coefficient (Wildman–Crippen LogP) is 3.16. The Morgan fingerprint density at radius 1 is 1.30 bits per heavy atom. The second-order valence-electron chi connectivity index (χ2n) is 6.15.